The number of aryl methyl sites for hydroxylation is 2. The summed E-state index contributed by atoms with van der Waals surface area (Å²) in [6.45, 7) is 4.21. The summed E-state index contributed by atoms with van der Waals surface area (Å²) in [6.07, 6.45) is 0. The van der Waals surface area contributed by atoms with Crippen LogP contribution < -0.4 is 20.1 Å². The predicted molar refractivity (Wildman–Crippen MR) is 91.7 cm³/mol. The summed E-state index contributed by atoms with van der Waals surface area (Å²) in [5.74, 6) is -0.0738. The van der Waals surface area contributed by atoms with Gasteiger partial charge in [0.25, 0.3) is 0 Å². The fraction of sp³-hybridized carbons (Fsp3) is 0.312. The van der Waals surface area contributed by atoms with Gasteiger partial charge in [0.05, 0.1) is 19.3 Å². The zero-order chi connectivity index (χ0) is 17.5. The van der Waals surface area contributed by atoms with Gasteiger partial charge in [0.1, 0.15) is 18.1 Å². The Morgan fingerprint density at radius 3 is 2.38 bits per heavy atom. The Morgan fingerprint density at radius 1 is 1.12 bits per heavy atom. The number of thiazole rings is 1. The Morgan fingerprint density at radius 2 is 1.79 bits per heavy atom. The summed E-state index contributed by atoms with van der Waals surface area (Å²) in [5.41, 5.74) is 0.837. The second kappa shape index (κ2) is 8.30. The van der Waals surface area contributed by atoms with Gasteiger partial charge in [-0.05, 0) is 38.1 Å². The summed E-state index contributed by atoms with van der Waals surface area (Å²) in [7, 11) is 1.59. The summed E-state index contributed by atoms with van der Waals surface area (Å²) < 4.78 is 10.5. The number of rotatable bonds is 6. The average molecular weight is 349 g/mol. The van der Waals surface area contributed by atoms with Crippen LogP contribution in [0.2, 0.25) is 0 Å². The lowest BCUT2D eigenvalue weighted by atomic mass is 10.3. The number of hydrogen-bond donors (Lipinski definition) is 2. The van der Waals surface area contributed by atoms with E-state index in [9.17, 15) is 9.59 Å². The van der Waals surface area contributed by atoms with Crippen LogP contribution in [-0.2, 0) is 9.59 Å². The molecule has 2 rings (SSSR count). The van der Waals surface area contributed by atoms with Crippen molar-refractivity contribution in [2.45, 2.75) is 13.8 Å². The van der Waals surface area contributed by atoms with Gasteiger partial charge in [-0.3, -0.25) is 14.9 Å². The molecule has 1 aromatic heterocycles. The van der Waals surface area contributed by atoms with E-state index in [0.717, 1.165) is 16.3 Å². The molecule has 0 saturated carbocycles. The molecule has 7 nitrogen and oxygen atoms in total. The molecule has 0 radical (unpaired) electrons. The average Bonchev–Trinajstić information content (AvgIpc) is 2.89. The molecule has 8 heteroatoms. The number of amides is 2. The highest BCUT2D eigenvalue weighted by Gasteiger charge is 2.15. The molecule has 0 spiro atoms. The molecular formula is C16H19N3O4S. The molecule has 0 saturated heterocycles. The van der Waals surface area contributed by atoms with Crippen molar-refractivity contribution in [3.05, 3.63) is 34.8 Å². The Balaban J connectivity index is 1.71. The van der Waals surface area contributed by atoms with Gasteiger partial charge >= 0.3 is 11.8 Å². The van der Waals surface area contributed by atoms with Crippen molar-refractivity contribution < 1.29 is 19.1 Å². The van der Waals surface area contributed by atoms with E-state index in [0.29, 0.717) is 10.9 Å². The van der Waals surface area contributed by atoms with Crippen LogP contribution >= 0.6 is 11.3 Å². The third kappa shape index (κ3) is 4.95. The number of methoxy groups -OCH3 is 1. The highest BCUT2D eigenvalue weighted by atomic mass is 32.1. The highest BCUT2D eigenvalue weighted by molar-refractivity contribution is 7.15. The van der Waals surface area contributed by atoms with Crippen molar-refractivity contribution in [1.29, 1.82) is 0 Å². The van der Waals surface area contributed by atoms with Gasteiger partial charge in [-0.1, -0.05) is 0 Å². The van der Waals surface area contributed by atoms with Crippen molar-refractivity contribution in [2.75, 3.05) is 25.6 Å². The zero-order valence-corrected chi connectivity index (χ0v) is 14.5. The van der Waals surface area contributed by atoms with Crippen LogP contribution in [0.3, 0.4) is 0 Å². The van der Waals surface area contributed by atoms with Crippen molar-refractivity contribution >= 4 is 28.3 Å². The van der Waals surface area contributed by atoms with Crippen LogP contribution in [0.4, 0.5) is 5.13 Å². The molecule has 0 aliphatic carbocycles. The quantitative estimate of drug-likeness (QED) is 0.614. The molecule has 0 aliphatic heterocycles. The van der Waals surface area contributed by atoms with Gasteiger partial charge in [-0.2, -0.15) is 0 Å². The third-order valence-corrected chi connectivity index (χ3v) is 4.16. The van der Waals surface area contributed by atoms with Crippen molar-refractivity contribution in [3.8, 4) is 11.5 Å². The maximum Gasteiger partial charge on any atom is 0.315 e. The maximum atomic E-state index is 11.8. The smallest absolute Gasteiger partial charge is 0.315 e. The molecule has 0 atom stereocenters. The van der Waals surface area contributed by atoms with E-state index in [2.05, 4.69) is 15.6 Å². The van der Waals surface area contributed by atoms with E-state index in [1.807, 2.05) is 13.8 Å². The summed E-state index contributed by atoms with van der Waals surface area (Å²) in [4.78, 5) is 28.6. The van der Waals surface area contributed by atoms with E-state index < -0.39 is 11.8 Å². The summed E-state index contributed by atoms with van der Waals surface area (Å²) in [6, 6.07) is 7.08. The molecule has 0 bridgehead atoms. The molecule has 1 heterocycles. The van der Waals surface area contributed by atoms with Crippen LogP contribution in [0.1, 0.15) is 10.6 Å². The van der Waals surface area contributed by atoms with Crippen LogP contribution in [0.25, 0.3) is 0 Å². The first-order valence-corrected chi connectivity index (χ1v) is 8.11. The maximum absolute atomic E-state index is 11.8. The Bertz CT molecular complexity index is 693. The first-order chi connectivity index (χ1) is 11.5. The molecule has 2 amide bonds. The molecule has 2 N–H and O–H groups in total. The van der Waals surface area contributed by atoms with Crippen LogP contribution in [0, 0.1) is 13.8 Å². The lowest BCUT2D eigenvalue weighted by molar-refractivity contribution is -0.136. The SMILES string of the molecule is COc1ccc(OCCNC(=O)C(=O)Nc2nc(C)c(C)s2)cc1. The standard InChI is InChI=1S/C16H19N3O4S/c1-10-11(2)24-16(18-10)19-15(21)14(20)17-8-9-23-13-6-4-12(22-3)5-7-13/h4-7H,8-9H2,1-3H3,(H,17,20)(H,18,19,21). The predicted octanol–water partition coefficient (Wildman–Crippen LogP) is 1.90. The largest absolute Gasteiger partial charge is 0.497 e. The first-order valence-electron chi connectivity index (χ1n) is 7.29. The van der Waals surface area contributed by atoms with Crippen LogP contribution in [0.15, 0.2) is 24.3 Å². The number of nitrogens with zero attached hydrogens (tertiary/aromatic N) is 1. The van der Waals surface area contributed by atoms with E-state index in [-0.39, 0.29) is 13.2 Å². The minimum Gasteiger partial charge on any atom is -0.497 e. The molecule has 1 aromatic carbocycles. The second-order valence-corrected chi connectivity index (χ2v) is 6.10. The molecule has 0 unspecified atom stereocenters. The topological polar surface area (TPSA) is 89.5 Å². The van der Waals surface area contributed by atoms with Gasteiger partial charge in [-0.15, -0.1) is 11.3 Å². The van der Waals surface area contributed by atoms with Crippen LogP contribution in [-0.4, -0.2) is 37.1 Å². The number of carbonyl (C=O) groups is 2. The Hall–Kier alpha value is -2.61. The molecule has 0 fully saturated rings. The number of nitrogens with one attached hydrogen (secondary N) is 2. The molecule has 128 valence electrons. The lowest BCUT2D eigenvalue weighted by Crippen LogP contribution is -2.37. The Labute approximate surface area is 144 Å². The van der Waals surface area contributed by atoms with Gasteiger partial charge in [0.15, 0.2) is 5.13 Å². The number of carbonyl (C=O) groups excluding carboxylic acids is 2. The van der Waals surface area contributed by atoms with Crippen molar-refractivity contribution in [3.63, 3.8) is 0 Å². The van der Waals surface area contributed by atoms with E-state index in [4.69, 9.17) is 9.47 Å². The second-order valence-electron chi connectivity index (χ2n) is 4.89. The zero-order valence-electron chi connectivity index (χ0n) is 13.7. The normalized spacial score (nSPS) is 10.1. The van der Waals surface area contributed by atoms with Gasteiger partial charge in [0.2, 0.25) is 0 Å². The van der Waals surface area contributed by atoms with Crippen molar-refractivity contribution in [2.24, 2.45) is 0 Å². The monoisotopic (exact) mass is 349 g/mol. The number of anilines is 1. The third-order valence-electron chi connectivity index (χ3n) is 3.17. The van der Waals surface area contributed by atoms with E-state index in [1.165, 1.54) is 11.3 Å². The van der Waals surface area contributed by atoms with Gasteiger partial charge in [-0.25, -0.2) is 4.98 Å². The minimum atomic E-state index is -0.742. The molecule has 0 aliphatic rings. The minimum absolute atomic E-state index is 0.216. The molecule has 2 aromatic rings. The van der Waals surface area contributed by atoms with Crippen molar-refractivity contribution in [1.82, 2.24) is 10.3 Å². The lowest BCUT2D eigenvalue weighted by Gasteiger charge is -2.08. The van der Waals surface area contributed by atoms with Gasteiger partial charge < -0.3 is 14.8 Å². The number of hydrogen-bond acceptors (Lipinski definition) is 6. The van der Waals surface area contributed by atoms with E-state index in [1.54, 1.807) is 31.4 Å². The van der Waals surface area contributed by atoms with E-state index >= 15 is 0 Å². The number of benzene rings is 1. The molecule has 24 heavy (non-hydrogen) atoms. The highest BCUT2D eigenvalue weighted by Crippen LogP contribution is 2.20. The summed E-state index contributed by atoms with van der Waals surface area (Å²) in [5, 5.41) is 5.39. The fourth-order valence-corrected chi connectivity index (χ4v) is 2.58. The first kappa shape index (κ1) is 17.7. The fourth-order valence-electron chi connectivity index (χ4n) is 1.77. The number of aromatic nitrogens is 1. The number of ether oxygens (including phenoxy) is 2. The summed E-state index contributed by atoms with van der Waals surface area (Å²) >= 11 is 1.33. The Kier molecular flexibility index (Phi) is 6.14. The van der Waals surface area contributed by atoms with Gasteiger partial charge in [0, 0.05) is 4.88 Å². The van der Waals surface area contributed by atoms with Crippen LogP contribution in [0.5, 0.6) is 11.5 Å². The molecular weight excluding hydrogens is 330 g/mol.